The molecule has 3 rings (SSSR count). The molecule has 0 radical (unpaired) electrons. The molecule has 0 saturated carbocycles. The molecular weight excluding hydrogens is 243 g/mol. The molecule has 2 aliphatic heterocycles. The molecule has 3 nitrogen and oxygen atoms in total. The summed E-state index contributed by atoms with van der Waals surface area (Å²) in [6.07, 6.45) is 3.57. The van der Waals surface area contributed by atoms with Crippen molar-refractivity contribution < 1.29 is 9.50 Å². The van der Waals surface area contributed by atoms with Crippen molar-refractivity contribution in [1.82, 2.24) is 4.90 Å². The van der Waals surface area contributed by atoms with Gasteiger partial charge in [-0.1, -0.05) is 18.2 Å². The number of piperidine rings is 1. The molecule has 2 fully saturated rings. The normalized spacial score (nSPS) is 32.5. The van der Waals surface area contributed by atoms with Crippen molar-refractivity contribution in [1.29, 1.82) is 0 Å². The lowest BCUT2D eigenvalue weighted by molar-refractivity contribution is 0.0108. The first-order valence-corrected chi connectivity index (χ1v) is 7.10. The third kappa shape index (κ3) is 2.29. The summed E-state index contributed by atoms with van der Waals surface area (Å²) in [7, 11) is 0. The molecule has 2 saturated heterocycles. The Morgan fingerprint density at radius 3 is 2.47 bits per heavy atom. The highest BCUT2D eigenvalue weighted by Gasteiger charge is 2.43. The minimum atomic E-state index is -0.201. The molecule has 4 heteroatoms. The number of benzene rings is 1. The van der Waals surface area contributed by atoms with Crippen molar-refractivity contribution in [3.8, 4) is 0 Å². The quantitative estimate of drug-likeness (QED) is 0.875. The Morgan fingerprint density at radius 2 is 1.89 bits per heavy atom. The molecule has 2 aliphatic rings. The zero-order valence-corrected chi connectivity index (χ0v) is 11.0. The average Bonchev–Trinajstić information content (AvgIpc) is 2.66. The van der Waals surface area contributed by atoms with Crippen molar-refractivity contribution in [3.63, 3.8) is 0 Å². The van der Waals surface area contributed by atoms with E-state index in [0.29, 0.717) is 24.2 Å². The van der Waals surface area contributed by atoms with Gasteiger partial charge in [0.25, 0.3) is 0 Å². The number of nitrogens with zero attached hydrogens (tertiary/aromatic N) is 1. The van der Waals surface area contributed by atoms with E-state index in [4.69, 9.17) is 5.73 Å². The molecule has 19 heavy (non-hydrogen) atoms. The number of nitrogens with two attached hydrogens (primary N) is 1. The van der Waals surface area contributed by atoms with Crippen LogP contribution in [0.3, 0.4) is 0 Å². The highest BCUT2D eigenvalue weighted by molar-refractivity contribution is 5.23. The highest BCUT2D eigenvalue weighted by atomic mass is 19.1. The first-order chi connectivity index (χ1) is 9.20. The van der Waals surface area contributed by atoms with E-state index in [1.165, 1.54) is 6.07 Å². The fraction of sp³-hybridized carbons (Fsp3) is 0.600. The van der Waals surface area contributed by atoms with Crippen LogP contribution in [0.5, 0.6) is 0 Å². The van der Waals surface area contributed by atoms with E-state index in [1.54, 1.807) is 6.07 Å². The van der Waals surface area contributed by atoms with Crippen LogP contribution in [0.4, 0.5) is 4.39 Å². The van der Waals surface area contributed by atoms with E-state index in [2.05, 4.69) is 4.90 Å². The lowest BCUT2D eigenvalue weighted by Gasteiger charge is -2.42. The summed E-state index contributed by atoms with van der Waals surface area (Å²) >= 11 is 0. The van der Waals surface area contributed by atoms with Crippen molar-refractivity contribution in [2.75, 3.05) is 6.54 Å². The first kappa shape index (κ1) is 13.0. The fourth-order valence-corrected chi connectivity index (χ4v) is 3.85. The van der Waals surface area contributed by atoms with Gasteiger partial charge in [-0.05, 0) is 31.7 Å². The lowest BCUT2D eigenvalue weighted by atomic mass is 9.94. The van der Waals surface area contributed by atoms with E-state index in [9.17, 15) is 9.50 Å². The zero-order chi connectivity index (χ0) is 13.4. The maximum atomic E-state index is 14.0. The number of halogens is 1. The third-order valence-electron chi connectivity index (χ3n) is 4.61. The van der Waals surface area contributed by atoms with Gasteiger partial charge in [-0.25, -0.2) is 4.39 Å². The van der Waals surface area contributed by atoms with Gasteiger partial charge in [0.15, 0.2) is 0 Å². The molecule has 1 aromatic rings. The van der Waals surface area contributed by atoms with Crippen molar-refractivity contribution in [2.45, 2.75) is 49.9 Å². The molecule has 0 aliphatic carbocycles. The van der Waals surface area contributed by atoms with Crippen LogP contribution < -0.4 is 5.73 Å². The Hall–Kier alpha value is -0.970. The number of hydrogen-bond donors (Lipinski definition) is 2. The number of fused-ring (bicyclic) bond motifs is 2. The smallest absolute Gasteiger partial charge is 0.128 e. The van der Waals surface area contributed by atoms with E-state index in [1.807, 2.05) is 12.1 Å². The largest absolute Gasteiger partial charge is 0.393 e. The summed E-state index contributed by atoms with van der Waals surface area (Å²) in [6, 6.07) is 7.54. The van der Waals surface area contributed by atoms with Crippen LogP contribution in [-0.4, -0.2) is 34.7 Å². The van der Waals surface area contributed by atoms with E-state index in [-0.39, 0.29) is 18.0 Å². The van der Waals surface area contributed by atoms with Crippen molar-refractivity contribution >= 4 is 0 Å². The van der Waals surface area contributed by atoms with Gasteiger partial charge in [0.2, 0.25) is 0 Å². The standard InChI is InChI=1S/C15H21FN2O/c16-14-4-2-1-3-13(14)15(9-17)18-10-5-6-11(18)8-12(19)7-10/h1-4,10-12,15,19H,5-9,17H2. The minimum absolute atomic E-state index is 0.0637. The SMILES string of the molecule is NCC(c1ccccc1F)N1C2CCC1CC(O)C2. The Labute approximate surface area is 113 Å². The van der Waals surface area contributed by atoms with Gasteiger partial charge < -0.3 is 10.8 Å². The Bertz CT molecular complexity index is 440. The van der Waals surface area contributed by atoms with Crippen LogP contribution >= 0.6 is 0 Å². The molecule has 2 heterocycles. The molecule has 0 spiro atoms. The fourth-order valence-electron chi connectivity index (χ4n) is 3.85. The first-order valence-electron chi connectivity index (χ1n) is 7.10. The third-order valence-corrected chi connectivity index (χ3v) is 4.61. The zero-order valence-electron chi connectivity index (χ0n) is 11.0. The summed E-state index contributed by atoms with van der Waals surface area (Å²) in [5.74, 6) is -0.177. The molecule has 104 valence electrons. The molecule has 3 unspecified atom stereocenters. The summed E-state index contributed by atoms with van der Waals surface area (Å²) in [5.41, 5.74) is 6.61. The van der Waals surface area contributed by atoms with Crippen LogP contribution in [0.1, 0.15) is 37.3 Å². The van der Waals surface area contributed by atoms with E-state index in [0.717, 1.165) is 25.7 Å². The molecule has 0 amide bonds. The van der Waals surface area contributed by atoms with Crippen molar-refractivity contribution in [3.05, 3.63) is 35.6 Å². The maximum absolute atomic E-state index is 14.0. The topological polar surface area (TPSA) is 49.5 Å². The van der Waals surface area contributed by atoms with Gasteiger partial charge >= 0.3 is 0 Å². The van der Waals surface area contributed by atoms with Crippen LogP contribution in [0.25, 0.3) is 0 Å². The molecule has 1 aromatic carbocycles. The molecule has 3 atom stereocenters. The van der Waals surface area contributed by atoms with Gasteiger partial charge in [-0.2, -0.15) is 0 Å². The van der Waals surface area contributed by atoms with Crippen LogP contribution in [0, 0.1) is 5.82 Å². The van der Waals surface area contributed by atoms with Gasteiger partial charge in [0.05, 0.1) is 12.1 Å². The Morgan fingerprint density at radius 1 is 1.26 bits per heavy atom. The van der Waals surface area contributed by atoms with Crippen molar-refractivity contribution in [2.24, 2.45) is 5.73 Å². The number of rotatable bonds is 3. The molecule has 3 N–H and O–H groups in total. The number of aliphatic hydroxyl groups is 1. The number of aliphatic hydroxyl groups excluding tert-OH is 1. The maximum Gasteiger partial charge on any atom is 0.128 e. The molecular formula is C15H21FN2O. The van der Waals surface area contributed by atoms with Gasteiger partial charge in [-0.3, -0.25) is 4.90 Å². The van der Waals surface area contributed by atoms with Crippen LogP contribution in [0.2, 0.25) is 0 Å². The monoisotopic (exact) mass is 264 g/mol. The second-order valence-corrected chi connectivity index (χ2v) is 5.73. The summed E-state index contributed by atoms with van der Waals surface area (Å²) in [6.45, 7) is 0.421. The average molecular weight is 264 g/mol. The predicted octanol–water partition coefficient (Wildman–Crippen LogP) is 1.81. The van der Waals surface area contributed by atoms with Gasteiger partial charge in [-0.15, -0.1) is 0 Å². The summed E-state index contributed by atoms with van der Waals surface area (Å²) in [5, 5.41) is 9.86. The lowest BCUT2D eigenvalue weighted by Crippen LogP contribution is -2.48. The second kappa shape index (κ2) is 5.19. The van der Waals surface area contributed by atoms with E-state index < -0.39 is 0 Å². The van der Waals surface area contributed by atoms with E-state index >= 15 is 0 Å². The molecule has 0 aromatic heterocycles. The summed E-state index contributed by atoms with van der Waals surface area (Å²) in [4.78, 5) is 2.35. The Balaban J connectivity index is 1.90. The molecule has 2 bridgehead atoms. The Kier molecular flexibility index (Phi) is 3.56. The second-order valence-electron chi connectivity index (χ2n) is 5.73. The summed E-state index contributed by atoms with van der Waals surface area (Å²) < 4.78 is 14.0. The highest BCUT2D eigenvalue weighted by Crippen LogP contribution is 2.41. The predicted molar refractivity (Wildman–Crippen MR) is 72.1 cm³/mol. The van der Waals surface area contributed by atoms with Gasteiger partial charge in [0.1, 0.15) is 5.82 Å². The van der Waals surface area contributed by atoms with Gasteiger partial charge in [0, 0.05) is 24.2 Å². The van der Waals surface area contributed by atoms with Crippen LogP contribution in [-0.2, 0) is 0 Å². The van der Waals surface area contributed by atoms with Crippen LogP contribution in [0.15, 0.2) is 24.3 Å². The number of hydrogen-bond acceptors (Lipinski definition) is 3. The minimum Gasteiger partial charge on any atom is -0.393 e.